The Hall–Kier alpha value is -1.24. The van der Waals surface area contributed by atoms with Gasteiger partial charge in [0.25, 0.3) is 0 Å². The number of carbonyl (C=O) groups is 1. The largest absolute Gasteiger partial charge is 0.468 e. The molecule has 3 aliphatic rings. The summed E-state index contributed by atoms with van der Waals surface area (Å²) in [7, 11) is 0. The lowest BCUT2D eigenvalue weighted by Gasteiger charge is -2.46. The number of piperidine rings is 1. The van der Waals surface area contributed by atoms with Gasteiger partial charge in [-0.2, -0.15) is 0 Å². The lowest BCUT2D eigenvalue weighted by molar-refractivity contribution is -0.0161. The van der Waals surface area contributed by atoms with Crippen molar-refractivity contribution in [3.63, 3.8) is 0 Å². The molecule has 0 saturated carbocycles. The molecular weight excluding hydrogens is 330 g/mol. The highest BCUT2D eigenvalue weighted by molar-refractivity contribution is 5.85. The van der Waals surface area contributed by atoms with E-state index >= 15 is 0 Å². The summed E-state index contributed by atoms with van der Waals surface area (Å²) in [6, 6.07) is 4.43. The van der Waals surface area contributed by atoms with E-state index in [0.717, 1.165) is 70.8 Å². The molecule has 3 saturated heterocycles. The second-order valence-electron chi connectivity index (χ2n) is 6.95. The molecule has 0 radical (unpaired) electrons. The van der Waals surface area contributed by atoms with Crippen molar-refractivity contribution in [2.75, 3.05) is 32.8 Å². The number of ether oxygens (including phenoxy) is 1. The highest BCUT2D eigenvalue weighted by atomic mass is 35.5. The summed E-state index contributed by atoms with van der Waals surface area (Å²) < 4.78 is 11.0. The van der Waals surface area contributed by atoms with Crippen LogP contribution in [0.5, 0.6) is 0 Å². The third-order valence-corrected chi connectivity index (χ3v) is 5.60. The minimum atomic E-state index is -0.0107. The minimum absolute atomic E-state index is 0. The number of hydrogen-bond donors (Lipinski definition) is 1. The predicted molar refractivity (Wildman–Crippen MR) is 92.3 cm³/mol. The van der Waals surface area contributed by atoms with E-state index in [0.29, 0.717) is 6.04 Å². The molecule has 1 N–H and O–H groups in total. The van der Waals surface area contributed by atoms with E-state index in [9.17, 15) is 4.79 Å². The van der Waals surface area contributed by atoms with Crippen molar-refractivity contribution in [1.82, 2.24) is 15.1 Å². The first-order chi connectivity index (χ1) is 11.3. The van der Waals surface area contributed by atoms with Crippen LogP contribution in [0.15, 0.2) is 22.8 Å². The molecule has 0 aromatic carbocycles. The fourth-order valence-corrected chi connectivity index (χ4v) is 4.31. The standard InChI is InChI=1S/C17H25N3O3.ClH/c21-16-18-13-17(5-10-22-11-6-17)20(16)14-3-7-19(8-4-14)12-15-2-1-9-23-15;/h1-2,9,14H,3-8,10-13H2,(H,18,21);1H. The molecule has 1 aromatic heterocycles. The van der Waals surface area contributed by atoms with Gasteiger partial charge in [0, 0.05) is 38.9 Å². The number of furan rings is 1. The Labute approximate surface area is 148 Å². The summed E-state index contributed by atoms with van der Waals surface area (Å²) in [5.41, 5.74) is -0.0107. The molecule has 0 unspecified atom stereocenters. The van der Waals surface area contributed by atoms with Crippen molar-refractivity contribution < 1.29 is 13.9 Å². The van der Waals surface area contributed by atoms with Crippen LogP contribution in [0, 0.1) is 0 Å². The number of halogens is 1. The van der Waals surface area contributed by atoms with Crippen LogP contribution >= 0.6 is 12.4 Å². The van der Waals surface area contributed by atoms with Gasteiger partial charge in [-0.05, 0) is 37.8 Å². The zero-order chi connectivity index (χ0) is 15.7. The summed E-state index contributed by atoms with van der Waals surface area (Å²) in [6.45, 7) is 5.21. The Balaban J connectivity index is 0.00000169. The molecule has 3 aliphatic heterocycles. The Kier molecular flexibility index (Phi) is 5.37. The van der Waals surface area contributed by atoms with Gasteiger partial charge in [0.05, 0.1) is 18.3 Å². The fraction of sp³-hybridized carbons (Fsp3) is 0.706. The zero-order valence-corrected chi connectivity index (χ0v) is 14.7. The van der Waals surface area contributed by atoms with Crippen LogP contribution in [0.2, 0.25) is 0 Å². The van der Waals surface area contributed by atoms with Crippen LogP contribution in [0.3, 0.4) is 0 Å². The van der Waals surface area contributed by atoms with E-state index in [1.165, 1.54) is 0 Å². The number of hydrogen-bond acceptors (Lipinski definition) is 4. The molecular formula is C17H26ClN3O3. The molecule has 0 aliphatic carbocycles. The quantitative estimate of drug-likeness (QED) is 0.903. The summed E-state index contributed by atoms with van der Waals surface area (Å²) >= 11 is 0. The first kappa shape index (κ1) is 17.6. The van der Waals surface area contributed by atoms with Crippen molar-refractivity contribution in [3.05, 3.63) is 24.2 Å². The van der Waals surface area contributed by atoms with Crippen LogP contribution in [-0.4, -0.2) is 60.3 Å². The monoisotopic (exact) mass is 355 g/mol. The molecule has 3 fully saturated rings. The van der Waals surface area contributed by atoms with Crippen LogP contribution < -0.4 is 5.32 Å². The minimum Gasteiger partial charge on any atom is -0.468 e. The van der Waals surface area contributed by atoms with Crippen LogP contribution in [0.1, 0.15) is 31.4 Å². The number of nitrogens with one attached hydrogen (secondary N) is 1. The molecule has 4 heterocycles. The molecule has 1 spiro atoms. The smallest absolute Gasteiger partial charge is 0.318 e. The topological polar surface area (TPSA) is 58.0 Å². The Morgan fingerprint density at radius 3 is 2.67 bits per heavy atom. The van der Waals surface area contributed by atoms with Gasteiger partial charge < -0.3 is 19.4 Å². The maximum atomic E-state index is 12.4. The molecule has 7 heteroatoms. The SMILES string of the molecule is Cl.O=C1NCC2(CCOCC2)N1C1CCN(Cc2ccco2)CC1. The van der Waals surface area contributed by atoms with Gasteiger partial charge in [-0.15, -0.1) is 12.4 Å². The number of amides is 2. The first-order valence-corrected chi connectivity index (χ1v) is 8.67. The van der Waals surface area contributed by atoms with Gasteiger partial charge in [0.15, 0.2) is 0 Å². The van der Waals surface area contributed by atoms with Crippen molar-refractivity contribution in [1.29, 1.82) is 0 Å². The molecule has 134 valence electrons. The third-order valence-electron chi connectivity index (χ3n) is 5.60. The van der Waals surface area contributed by atoms with Gasteiger partial charge in [0.1, 0.15) is 5.76 Å². The van der Waals surface area contributed by atoms with Crippen molar-refractivity contribution in [2.45, 2.75) is 43.8 Å². The Bertz CT molecular complexity index is 537. The van der Waals surface area contributed by atoms with Crippen molar-refractivity contribution in [3.8, 4) is 0 Å². The summed E-state index contributed by atoms with van der Waals surface area (Å²) in [5, 5.41) is 3.08. The van der Waals surface area contributed by atoms with Crippen LogP contribution in [0.25, 0.3) is 0 Å². The average Bonchev–Trinajstić information content (AvgIpc) is 3.19. The number of carbonyl (C=O) groups excluding carboxylic acids is 1. The number of rotatable bonds is 3. The summed E-state index contributed by atoms with van der Waals surface area (Å²) in [4.78, 5) is 17.0. The van der Waals surface area contributed by atoms with Crippen molar-refractivity contribution >= 4 is 18.4 Å². The van der Waals surface area contributed by atoms with Gasteiger partial charge in [-0.1, -0.05) is 0 Å². The average molecular weight is 356 g/mol. The molecule has 2 amide bonds. The second-order valence-corrected chi connectivity index (χ2v) is 6.95. The van der Waals surface area contributed by atoms with E-state index in [-0.39, 0.29) is 24.0 Å². The number of likely N-dealkylation sites (tertiary alicyclic amines) is 1. The van der Waals surface area contributed by atoms with Gasteiger partial charge in [0.2, 0.25) is 0 Å². The summed E-state index contributed by atoms with van der Waals surface area (Å²) in [6.07, 6.45) is 5.72. The Morgan fingerprint density at radius 1 is 1.25 bits per heavy atom. The highest BCUT2D eigenvalue weighted by Crippen LogP contribution is 2.35. The van der Waals surface area contributed by atoms with Crippen LogP contribution in [-0.2, 0) is 11.3 Å². The third kappa shape index (κ3) is 3.27. The number of nitrogens with zero attached hydrogens (tertiary/aromatic N) is 2. The number of urea groups is 1. The molecule has 1 aromatic rings. The molecule has 6 nitrogen and oxygen atoms in total. The fourth-order valence-electron chi connectivity index (χ4n) is 4.31. The Morgan fingerprint density at radius 2 is 2.00 bits per heavy atom. The zero-order valence-electron chi connectivity index (χ0n) is 13.9. The molecule has 24 heavy (non-hydrogen) atoms. The van der Waals surface area contributed by atoms with E-state index in [4.69, 9.17) is 9.15 Å². The predicted octanol–water partition coefficient (Wildman–Crippen LogP) is 2.24. The van der Waals surface area contributed by atoms with E-state index in [1.54, 1.807) is 6.26 Å². The maximum Gasteiger partial charge on any atom is 0.318 e. The second kappa shape index (κ2) is 7.33. The first-order valence-electron chi connectivity index (χ1n) is 8.67. The van der Waals surface area contributed by atoms with Gasteiger partial charge >= 0.3 is 6.03 Å². The van der Waals surface area contributed by atoms with Gasteiger partial charge in [-0.25, -0.2) is 4.79 Å². The van der Waals surface area contributed by atoms with Crippen LogP contribution in [0.4, 0.5) is 4.79 Å². The van der Waals surface area contributed by atoms with E-state index in [2.05, 4.69) is 15.1 Å². The maximum absolute atomic E-state index is 12.4. The molecule has 0 atom stereocenters. The highest BCUT2D eigenvalue weighted by Gasteiger charge is 2.49. The van der Waals surface area contributed by atoms with E-state index in [1.807, 2.05) is 12.1 Å². The lowest BCUT2D eigenvalue weighted by atomic mass is 9.86. The normalized spacial score (nSPS) is 24.8. The van der Waals surface area contributed by atoms with Gasteiger partial charge in [-0.3, -0.25) is 4.90 Å². The van der Waals surface area contributed by atoms with Crippen molar-refractivity contribution in [2.24, 2.45) is 0 Å². The summed E-state index contributed by atoms with van der Waals surface area (Å²) in [5.74, 6) is 1.02. The molecule has 4 rings (SSSR count). The molecule has 0 bridgehead atoms. The van der Waals surface area contributed by atoms with E-state index < -0.39 is 0 Å². The lowest BCUT2D eigenvalue weighted by Crippen LogP contribution is -2.57.